The molecule has 2 aliphatic carbocycles. The second-order valence-electron chi connectivity index (χ2n) is 8.60. The summed E-state index contributed by atoms with van der Waals surface area (Å²) in [5.74, 6) is -0.992. The molecule has 0 saturated heterocycles. The summed E-state index contributed by atoms with van der Waals surface area (Å²) in [5, 5.41) is 20.8. The summed E-state index contributed by atoms with van der Waals surface area (Å²) in [6, 6.07) is 10.5. The molecular weight excluding hydrogens is 420 g/mol. The van der Waals surface area contributed by atoms with Crippen LogP contribution in [0.15, 0.2) is 36.4 Å². The van der Waals surface area contributed by atoms with Gasteiger partial charge in [-0.15, -0.1) is 0 Å². The minimum absolute atomic E-state index is 0.296. The lowest BCUT2D eigenvalue weighted by molar-refractivity contribution is 0.0687. The van der Waals surface area contributed by atoms with Crippen molar-refractivity contribution in [2.24, 2.45) is 0 Å². The van der Waals surface area contributed by atoms with E-state index in [2.05, 4.69) is 9.97 Å². The van der Waals surface area contributed by atoms with E-state index in [-0.39, 0.29) is 0 Å². The monoisotopic (exact) mass is 440 g/mol. The molecule has 7 heteroatoms. The summed E-state index contributed by atoms with van der Waals surface area (Å²) >= 11 is 0. The molecule has 7 nitrogen and oxygen atoms in total. The molecule has 2 aliphatic rings. The molecule has 0 saturated carbocycles. The smallest absolute Gasteiger partial charge is 0.336 e. The lowest BCUT2D eigenvalue weighted by atomic mass is 10.0. The first-order valence-electron chi connectivity index (χ1n) is 11.0. The van der Waals surface area contributed by atoms with E-state index in [0.29, 0.717) is 57.3 Å². The van der Waals surface area contributed by atoms with Gasteiger partial charge in [0.15, 0.2) is 0 Å². The Balaban J connectivity index is 1.45. The Morgan fingerprint density at radius 2 is 1.15 bits per heavy atom. The molecule has 33 heavy (non-hydrogen) atoms. The van der Waals surface area contributed by atoms with Gasteiger partial charge >= 0.3 is 11.9 Å². The Labute approximate surface area is 188 Å². The molecular formula is C26H20N2O5. The molecule has 164 valence electrons. The third-order valence-electron chi connectivity index (χ3n) is 6.63. The zero-order valence-corrected chi connectivity index (χ0v) is 17.7. The van der Waals surface area contributed by atoms with E-state index in [9.17, 15) is 19.8 Å². The van der Waals surface area contributed by atoms with E-state index in [1.54, 1.807) is 36.4 Å². The second-order valence-corrected chi connectivity index (χ2v) is 8.60. The van der Waals surface area contributed by atoms with Crippen molar-refractivity contribution in [1.29, 1.82) is 0 Å². The van der Waals surface area contributed by atoms with E-state index < -0.39 is 11.9 Å². The predicted molar refractivity (Wildman–Crippen MR) is 122 cm³/mol. The van der Waals surface area contributed by atoms with E-state index in [1.165, 1.54) is 0 Å². The number of nitrogens with zero attached hydrogens (tertiary/aromatic N) is 2. The first-order chi connectivity index (χ1) is 16.0. The van der Waals surface area contributed by atoms with Crippen molar-refractivity contribution >= 4 is 33.7 Å². The van der Waals surface area contributed by atoms with Crippen molar-refractivity contribution < 1.29 is 24.5 Å². The molecule has 2 aromatic heterocycles. The molecule has 2 aromatic carbocycles. The first-order valence-corrected chi connectivity index (χ1v) is 11.0. The number of aryl methyl sites for hydroxylation is 2. The normalized spacial score (nSPS) is 14.4. The average molecular weight is 440 g/mol. The van der Waals surface area contributed by atoms with Gasteiger partial charge in [-0.1, -0.05) is 0 Å². The van der Waals surface area contributed by atoms with Crippen LogP contribution in [0.25, 0.3) is 21.8 Å². The summed E-state index contributed by atoms with van der Waals surface area (Å²) in [4.78, 5) is 33.4. The number of aromatic nitrogens is 2. The van der Waals surface area contributed by atoms with E-state index in [4.69, 9.17) is 4.74 Å². The highest BCUT2D eigenvalue weighted by Crippen LogP contribution is 2.35. The van der Waals surface area contributed by atoms with Crippen molar-refractivity contribution in [2.45, 2.75) is 38.5 Å². The van der Waals surface area contributed by atoms with Gasteiger partial charge in [0.05, 0.1) is 22.2 Å². The number of carbonyl (C=O) groups is 2. The molecule has 2 N–H and O–H groups in total. The molecule has 0 radical (unpaired) electrons. The molecule has 0 atom stereocenters. The Hall–Kier alpha value is -4.00. The zero-order valence-electron chi connectivity index (χ0n) is 17.7. The van der Waals surface area contributed by atoms with Crippen molar-refractivity contribution in [3.05, 3.63) is 70.0 Å². The van der Waals surface area contributed by atoms with Crippen molar-refractivity contribution in [2.75, 3.05) is 0 Å². The predicted octanol–water partition coefficient (Wildman–Crippen LogP) is 4.95. The molecule has 0 bridgehead atoms. The van der Waals surface area contributed by atoms with Crippen LogP contribution in [0.5, 0.6) is 11.5 Å². The largest absolute Gasteiger partial charge is 0.478 e. The van der Waals surface area contributed by atoms with Crippen LogP contribution in [0.4, 0.5) is 0 Å². The third-order valence-corrected chi connectivity index (χ3v) is 6.63. The maximum absolute atomic E-state index is 12.1. The van der Waals surface area contributed by atoms with Crippen molar-refractivity contribution in [3.63, 3.8) is 0 Å². The molecule has 6 rings (SSSR count). The number of benzene rings is 2. The molecule has 0 spiro atoms. The molecule has 0 fully saturated rings. The van der Waals surface area contributed by atoms with E-state index in [0.717, 1.165) is 48.2 Å². The number of fused-ring (bicyclic) bond motifs is 4. The molecule has 0 unspecified atom stereocenters. The maximum atomic E-state index is 12.1. The number of pyridine rings is 2. The summed E-state index contributed by atoms with van der Waals surface area (Å²) in [5.41, 5.74) is 5.20. The Bertz CT molecular complexity index is 1400. The van der Waals surface area contributed by atoms with Gasteiger partial charge in [0.1, 0.15) is 11.5 Å². The lowest BCUT2D eigenvalue weighted by Gasteiger charge is -2.13. The maximum Gasteiger partial charge on any atom is 0.336 e. The van der Waals surface area contributed by atoms with Gasteiger partial charge in [-0.25, -0.2) is 9.59 Å². The number of carboxylic acids is 2. The highest BCUT2D eigenvalue weighted by atomic mass is 16.5. The van der Waals surface area contributed by atoms with E-state index >= 15 is 0 Å². The minimum Gasteiger partial charge on any atom is -0.478 e. The highest BCUT2D eigenvalue weighted by Gasteiger charge is 2.25. The SMILES string of the molecule is O=C(O)c1c2c(nc3ccc(Oc4ccc5nc6c(c(C(=O)O)c5c4)CCC6)cc13)CCC2. The van der Waals surface area contributed by atoms with Crippen LogP contribution < -0.4 is 4.74 Å². The standard InChI is InChI=1S/C26H20N2O5/c29-25(30)23-15-3-1-5-19(15)27-21-9-7-13(11-17(21)23)33-14-8-10-22-18(12-14)24(26(31)32)16-4-2-6-20(16)28-22/h7-12H,1-6H2,(H,29,30)(H,31,32). The van der Waals surface area contributed by atoms with Gasteiger partial charge < -0.3 is 14.9 Å². The van der Waals surface area contributed by atoms with Gasteiger partial charge in [0, 0.05) is 22.2 Å². The molecule has 4 aromatic rings. The topological polar surface area (TPSA) is 110 Å². The fourth-order valence-corrected chi connectivity index (χ4v) is 5.23. The number of hydrogen-bond donors (Lipinski definition) is 2. The average Bonchev–Trinajstić information content (AvgIpc) is 3.44. The summed E-state index contributed by atoms with van der Waals surface area (Å²) in [7, 11) is 0. The number of aromatic carboxylic acids is 2. The van der Waals surface area contributed by atoms with Crippen LogP contribution in [0.2, 0.25) is 0 Å². The summed E-state index contributed by atoms with van der Waals surface area (Å²) < 4.78 is 6.06. The summed E-state index contributed by atoms with van der Waals surface area (Å²) in [6.07, 6.45) is 4.83. The Kier molecular flexibility index (Phi) is 4.33. The number of rotatable bonds is 4. The van der Waals surface area contributed by atoms with Crippen molar-refractivity contribution in [1.82, 2.24) is 9.97 Å². The van der Waals surface area contributed by atoms with Gasteiger partial charge in [-0.05, 0) is 86.1 Å². The van der Waals surface area contributed by atoms with Crippen LogP contribution in [-0.2, 0) is 25.7 Å². The first kappa shape index (κ1) is 19.7. The van der Waals surface area contributed by atoms with Crippen LogP contribution >= 0.6 is 0 Å². The van der Waals surface area contributed by atoms with Crippen LogP contribution in [0, 0.1) is 0 Å². The minimum atomic E-state index is -0.963. The third kappa shape index (κ3) is 3.11. The summed E-state index contributed by atoms with van der Waals surface area (Å²) in [6.45, 7) is 0. The van der Waals surface area contributed by atoms with E-state index in [1.807, 2.05) is 0 Å². The van der Waals surface area contributed by atoms with Gasteiger partial charge in [-0.2, -0.15) is 0 Å². The fourth-order valence-electron chi connectivity index (χ4n) is 5.23. The van der Waals surface area contributed by atoms with Gasteiger partial charge in [0.25, 0.3) is 0 Å². The highest BCUT2D eigenvalue weighted by molar-refractivity contribution is 6.05. The van der Waals surface area contributed by atoms with Crippen molar-refractivity contribution in [3.8, 4) is 11.5 Å². The van der Waals surface area contributed by atoms with Crippen LogP contribution in [0.3, 0.4) is 0 Å². The van der Waals surface area contributed by atoms with Crippen LogP contribution in [-0.4, -0.2) is 32.1 Å². The molecule has 0 amide bonds. The molecule has 0 aliphatic heterocycles. The molecule has 2 heterocycles. The zero-order chi connectivity index (χ0) is 22.7. The lowest BCUT2D eigenvalue weighted by Crippen LogP contribution is -2.06. The van der Waals surface area contributed by atoms with Gasteiger partial charge in [0.2, 0.25) is 0 Å². The second kappa shape index (κ2) is 7.27. The fraction of sp³-hybridized carbons (Fsp3) is 0.231. The van der Waals surface area contributed by atoms with Crippen LogP contribution in [0.1, 0.15) is 56.1 Å². The number of carboxylic acid groups (broad SMARTS) is 2. The van der Waals surface area contributed by atoms with Gasteiger partial charge in [-0.3, -0.25) is 9.97 Å². The number of ether oxygens (including phenoxy) is 1. The number of hydrogen-bond acceptors (Lipinski definition) is 5. The Morgan fingerprint density at radius 1 is 0.697 bits per heavy atom. The quantitative estimate of drug-likeness (QED) is 0.462. The Morgan fingerprint density at radius 3 is 1.58 bits per heavy atom.